The summed E-state index contributed by atoms with van der Waals surface area (Å²) in [5, 5.41) is 13.8. The van der Waals surface area contributed by atoms with Crippen molar-refractivity contribution in [1.29, 1.82) is 5.26 Å². The van der Waals surface area contributed by atoms with Gasteiger partial charge in [0, 0.05) is 37.3 Å². The maximum absolute atomic E-state index is 9.26. The van der Waals surface area contributed by atoms with Gasteiger partial charge in [-0.2, -0.15) is 5.26 Å². The maximum Gasteiger partial charge on any atom is 0.150 e. The lowest BCUT2D eigenvalue weighted by Gasteiger charge is -2.36. The average Bonchev–Trinajstić information content (AvgIpc) is 2.93. The molecule has 0 bridgehead atoms. The summed E-state index contributed by atoms with van der Waals surface area (Å²) in [6, 6.07) is 9.68. The topological polar surface area (TPSA) is 56.3 Å². The van der Waals surface area contributed by atoms with Crippen molar-refractivity contribution in [2.75, 3.05) is 31.1 Å². The van der Waals surface area contributed by atoms with Crippen LogP contribution in [0.1, 0.15) is 17.0 Å². The Hall–Kier alpha value is -2.03. The first kappa shape index (κ1) is 14.9. The number of halogens is 1. The van der Waals surface area contributed by atoms with Gasteiger partial charge in [0.05, 0.1) is 23.5 Å². The first-order valence-corrected chi connectivity index (χ1v) is 7.62. The van der Waals surface area contributed by atoms with E-state index in [9.17, 15) is 5.26 Å². The molecule has 0 spiro atoms. The highest BCUT2D eigenvalue weighted by Gasteiger charge is 2.20. The summed E-state index contributed by atoms with van der Waals surface area (Å²) in [6.45, 7) is 6.31. The van der Waals surface area contributed by atoms with Crippen LogP contribution < -0.4 is 4.90 Å². The molecule has 3 rings (SSSR count). The van der Waals surface area contributed by atoms with Gasteiger partial charge < -0.3 is 9.42 Å². The summed E-state index contributed by atoms with van der Waals surface area (Å²) in [5.41, 5.74) is 2.50. The van der Waals surface area contributed by atoms with E-state index in [4.69, 9.17) is 16.1 Å². The van der Waals surface area contributed by atoms with Crippen molar-refractivity contribution in [2.45, 2.75) is 13.5 Å². The lowest BCUT2D eigenvalue weighted by atomic mass is 10.1. The zero-order valence-electron chi connectivity index (χ0n) is 12.4. The second-order valence-corrected chi connectivity index (χ2v) is 5.91. The lowest BCUT2D eigenvalue weighted by Crippen LogP contribution is -2.46. The van der Waals surface area contributed by atoms with Gasteiger partial charge in [-0.05, 0) is 25.1 Å². The van der Waals surface area contributed by atoms with E-state index in [1.54, 1.807) is 6.07 Å². The predicted octanol–water partition coefficient (Wildman–Crippen LogP) is 2.83. The molecule has 2 aromatic rings. The molecule has 1 aromatic heterocycles. The number of piperazine rings is 1. The van der Waals surface area contributed by atoms with Crippen LogP contribution in [0.2, 0.25) is 5.02 Å². The number of nitriles is 1. The Labute approximate surface area is 134 Å². The summed E-state index contributed by atoms with van der Waals surface area (Å²) in [4.78, 5) is 4.56. The maximum atomic E-state index is 9.26. The molecule has 1 saturated heterocycles. The first-order chi connectivity index (χ1) is 10.7. The molecule has 1 aliphatic heterocycles. The number of hydrogen-bond acceptors (Lipinski definition) is 5. The van der Waals surface area contributed by atoms with E-state index in [1.165, 1.54) is 0 Å². The number of rotatable bonds is 3. The molecular weight excluding hydrogens is 300 g/mol. The van der Waals surface area contributed by atoms with Crippen LogP contribution in [-0.2, 0) is 6.54 Å². The summed E-state index contributed by atoms with van der Waals surface area (Å²) < 4.78 is 5.27. The van der Waals surface area contributed by atoms with Crippen molar-refractivity contribution in [3.63, 3.8) is 0 Å². The highest BCUT2D eigenvalue weighted by molar-refractivity contribution is 6.30. The zero-order valence-corrected chi connectivity index (χ0v) is 13.2. The highest BCUT2D eigenvalue weighted by atomic mass is 35.5. The number of aromatic nitrogens is 1. The van der Waals surface area contributed by atoms with Gasteiger partial charge in [0.1, 0.15) is 6.07 Å². The predicted molar refractivity (Wildman–Crippen MR) is 84.9 cm³/mol. The van der Waals surface area contributed by atoms with Gasteiger partial charge in [-0.25, -0.2) is 0 Å². The van der Waals surface area contributed by atoms with E-state index in [0.29, 0.717) is 10.6 Å². The molecule has 6 heteroatoms. The van der Waals surface area contributed by atoms with Crippen LogP contribution in [0.3, 0.4) is 0 Å². The standard InChI is InChI=1S/C16H17ClN4O/c1-12-8-15(22-19-12)11-20-4-6-21(7-5-20)16-3-2-14(17)9-13(16)10-18/h2-3,8-9H,4-7,11H2,1H3. The Kier molecular flexibility index (Phi) is 4.32. The Morgan fingerprint density at radius 2 is 2.05 bits per heavy atom. The van der Waals surface area contributed by atoms with Crippen molar-refractivity contribution >= 4 is 17.3 Å². The normalized spacial score (nSPS) is 15.8. The summed E-state index contributed by atoms with van der Waals surface area (Å²) >= 11 is 5.96. The molecule has 1 aliphatic rings. The minimum atomic E-state index is 0.597. The smallest absolute Gasteiger partial charge is 0.150 e. The number of aryl methyl sites for hydroxylation is 1. The van der Waals surface area contributed by atoms with Crippen LogP contribution in [-0.4, -0.2) is 36.2 Å². The third kappa shape index (κ3) is 3.24. The molecule has 114 valence electrons. The molecule has 5 nitrogen and oxygen atoms in total. The van der Waals surface area contributed by atoms with Crippen LogP contribution in [0.15, 0.2) is 28.8 Å². The van der Waals surface area contributed by atoms with Crippen LogP contribution in [0, 0.1) is 18.3 Å². The lowest BCUT2D eigenvalue weighted by molar-refractivity contribution is 0.219. The van der Waals surface area contributed by atoms with Crippen LogP contribution >= 0.6 is 11.6 Å². The second-order valence-electron chi connectivity index (χ2n) is 5.47. The molecule has 0 radical (unpaired) electrons. The summed E-state index contributed by atoms with van der Waals surface area (Å²) in [5.74, 6) is 0.898. The van der Waals surface area contributed by atoms with E-state index < -0.39 is 0 Å². The zero-order chi connectivity index (χ0) is 15.5. The Balaban J connectivity index is 1.63. The van der Waals surface area contributed by atoms with Gasteiger partial charge in [-0.3, -0.25) is 4.90 Å². The van der Waals surface area contributed by atoms with E-state index in [2.05, 4.69) is 21.0 Å². The second kappa shape index (κ2) is 6.39. The number of hydrogen-bond donors (Lipinski definition) is 0. The Morgan fingerprint density at radius 1 is 1.27 bits per heavy atom. The molecular formula is C16H17ClN4O. The Bertz CT molecular complexity index is 698. The molecule has 0 amide bonds. The Morgan fingerprint density at radius 3 is 2.68 bits per heavy atom. The van der Waals surface area contributed by atoms with E-state index >= 15 is 0 Å². The fourth-order valence-corrected chi connectivity index (χ4v) is 2.90. The largest absolute Gasteiger partial charge is 0.368 e. The fraction of sp³-hybridized carbons (Fsp3) is 0.375. The molecule has 0 saturated carbocycles. The highest BCUT2D eigenvalue weighted by Crippen LogP contribution is 2.25. The van der Waals surface area contributed by atoms with E-state index in [0.717, 1.165) is 49.9 Å². The third-order valence-corrected chi connectivity index (χ3v) is 4.08. The molecule has 0 unspecified atom stereocenters. The number of benzene rings is 1. The van der Waals surface area contributed by atoms with Crippen molar-refractivity contribution in [2.24, 2.45) is 0 Å². The molecule has 1 fully saturated rings. The quantitative estimate of drug-likeness (QED) is 0.871. The van der Waals surface area contributed by atoms with Crippen LogP contribution in [0.25, 0.3) is 0 Å². The molecule has 0 aliphatic carbocycles. The van der Waals surface area contributed by atoms with Gasteiger partial charge in [0.15, 0.2) is 5.76 Å². The van der Waals surface area contributed by atoms with Gasteiger partial charge in [0.25, 0.3) is 0 Å². The third-order valence-electron chi connectivity index (χ3n) is 3.85. The van der Waals surface area contributed by atoms with Crippen molar-refractivity contribution in [3.8, 4) is 6.07 Å². The van der Waals surface area contributed by atoms with Crippen LogP contribution in [0.5, 0.6) is 0 Å². The van der Waals surface area contributed by atoms with Gasteiger partial charge in [-0.1, -0.05) is 16.8 Å². The van der Waals surface area contributed by atoms with E-state index in [1.807, 2.05) is 25.1 Å². The molecule has 22 heavy (non-hydrogen) atoms. The fourth-order valence-electron chi connectivity index (χ4n) is 2.73. The van der Waals surface area contributed by atoms with Gasteiger partial charge in [0.2, 0.25) is 0 Å². The van der Waals surface area contributed by atoms with Gasteiger partial charge in [-0.15, -0.1) is 0 Å². The minimum Gasteiger partial charge on any atom is -0.368 e. The monoisotopic (exact) mass is 316 g/mol. The first-order valence-electron chi connectivity index (χ1n) is 7.25. The number of nitrogens with zero attached hydrogens (tertiary/aromatic N) is 4. The molecule has 0 N–H and O–H groups in total. The van der Waals surface area contributed by atoms with Crippen LogP contribution in [0.4, 0.5) is 5.69 Å². The molecule has 2 heterocycles. The van der Waals surface area contributed by atoms with Crippen molar-refractivity contribution in [3.05, 3.63) is 46.3 Å². The minimum absolute atomic E-state index is 0.597. The SMILES string of the molecule is Cc1cc(CN2CCN(c3ccc(Cl)cc3C#N)CC2)on1. The van der Waals surface area contributed by atoms with Crippen molar-refractivity contribution in [1.82, 2.24) is 10.1 Å². The number of anilines is 1. The molecule has 1 aromatic carbocycles. The average molecular weight is 317 g/mol. The summed E-state index contributed by atoms with van der Waals surface area (Å²) in [7, 11) is 0. The van der Waals surface area contributed by atoms with E-state index in [-0.39, 0.29) is 0 Å². The molecule has 0 atom stereocenters. The van der Waals surface area contributed by atoms with Crippen molar-refractivity contribution < 1.29 is 4.52 Å². The van der Waals surface area contributed by atoms with Gasteiger partial charge >= 0.3 is 0 Å². The summed E-state index contributed by atoms with van der Waals surface area (Å²) in [6.07, 6.45) is 0.